The van der Waals surface area contributed by atoms with Crippen LogP contribution in [0.5, 0.6) is 0 Å². The van der Waals surface area contributed by atoms with Gasteiger partial charge in [-0.1, -0.05) is 30.3 Å². The summed E-state index contributed by atoms with van der Waals surface area (Å²) in [7, 11) is 0. The number of rotatable bonds is 6. The van der Waals surface area contributed by atoms with Crippen LogP contribution in [0.25, 0.3) is 0 Å². The van der Waals surface area contributed by atoms with Crippen LogP contribution >= 0.6 is 0 Å². The van der Waals surface area contributed by atoms with E-state index < -0.39 is 30.3 Å². The number of carboxylic acid groups (broad SMARTS) is 1. The van der Waals surface area contributed by atoms with Crippen molar-refractivity contribution in [2.24, 2.45) is 5.73 Å². The molecule has 1 rings (SSSR count). The van der Waals surface area contributed by atoms with Crippen molar-refractivity contribution >= 4 is 12.1 Å². The molecule has 7 nitrogen and oxygen atoms in total. The number of nitrogens with one attached hydrogen (secondary N) is 1. The first-order valence-corrected chi connectivity index (χ1v) is 6.03. The third-order valence-electron chi connectivity index (χ3n) is 2.71. The number of aliphatic hydroxyl groups is 1. The van der Waals surface area contributed by atoms with Gasteiger partial charge in [-0.3, -0.25) is 0 Å². The molecule has 1 aromatic carbocycles. The van der Waals surface area contributed by atoms with Gasteiger partial charge in [0.15, 0.2) is 0 Å². The van der Waals surface area contributed by atoms with Crippen LogP contribution in [0.15, 0.2) is 30.3 Å². The van der Waals surface area contributed by atoms with E-state index in [1.165, 1.54) is 6.92 Å². The number of carbonyl (C=O) groups is 2. The normalized spacial score (nSPS) is 14.9. The quantitative estimate of drug-likeness (QED) is 0.597. The molecule has 20 heavy (non-hydrogen) atoms. The summed E-state index contributed by atoms with van der Waals surface area (Å²) in [5.74, 6) is -1.59. The first-order chi connectivity index (χ1) is 9.41. The number of ether oxygens (including phenoxy) is 1. The van der Waals surface area contributed by atoms with Gasteiger partial charge in [-0.2, -0.15) is 0 Å². The molecule has 110 valence electrons. The minimum absolute atomic E-state index is 0.0715. The van der Waals surface area contributed by atoms with Gasteiger partial charge in [0, 0.05) is 0 Å². The van der Waals surface area contributed by atoms with E-state index in [2.05, 4.69) is 5.32 Å². The van der Waals surface area contributed by atoms with E-state index in [4.69, 9.17) is 10.5 Å². The molecular weight excluding hydrogens is 264 g/mol. The van der Waals surface area contributed by atoms with Crippen molar-refractivity contribution in [1.29, 1.82) is 0 Å². The predicted octanol–water partition coefficient (Wildman–Crippen LogP) is -1.26. The van der Waals surface area contributed by atoms with E-state index in [0.717, 1.165) is 5.56 Å². The highest BCUT2D eigenvalue weighted by Gasteiger charge is 2.24. The van der Waals surface area contributed by atoms with Crippen LogP contribution in [0.2, 0.25) is 0 Å². The van der Waals surface area contributed by atoms with Crippen LogP contribution in [0.3, 0.4) is 0 Å². The lowest BCUT2D eigenvalue weighted by Gasteiger charge is -2.25. The first kappa shape index (κ1) is 15.9. The van der Waals surface area contributed by atoms with Crippen molar-refractivity contribution in [3.8, 4) is 0 Å². The monoisotopic (exact) mass is 281 g/mol. The zero-order valence-corrected chi connectivity index (χ0v) is 11.0. The summed E-state index contributed by atoms with van der Waals surface area (Å²) in [5.41, 5.74) is 6.01. The van der Waals surface area contributed by atoms with Crippen LogP contribution < -0.4 is 16.2 Å². The lowest BCUT2D eigenvalue weighted by atomic mass is 10.1. The Balaban J connectivity index is 2.40. The summed E-state index contributed by atoms with van der Waals surface area (Å²) in [6, 6.07) is 6.56. The van der Waals surface area contributed by atoms with Gasteiger partial charge in [0.2, 0.25) is 0 Å². The SMILES string of the molecule is C[C@H](NC(=O)OCc1ccccc1)[C@H](O)[C@@H](N)C(=O)[O-]. The van der Waals surface area contributed by atoms with Gasteiger partial charge in [-0.15, -0.1) is 0 Å². The zero-order valence-electron chi connectivity index (χ0n) is 11.0. The summed E-state index contributed by atoms with van der Waals surface area (Å²) in [6.07, 6.45) is -2.24. The minimum atomic E-state index is -1.59. The largest absolute Gasteiger partial charge is 0.548 e. The van der Waals surface area contributed by atoms with E-state index in [1.54, 1.807) is 12.1 Å². The fraction of sp³-hybridized carbons (Fsp3) is 0.385. The van der Waals surface area contributed by atoms with E-state index in [9.17, 15) is 19.8 Å². The molecule has 0 spiro atoms. The molecule has 0 saturated carbocycles. The molecule has 0 fully saturated rings. The Labute approximate surface area is 116 Å². The molecule has 0 saturated heterocycles. The molecule has 0 bridgehead atoms. The summed E-state index contributed by atoms with van der Waals surface area (Å²) < 4.78 is 4.92. The van der Waals surface area contributed by atoms with Crippen LogP contribution in [-0.2, 0) is 16.1 Å². The average Bonchev–Trinajstić information content (AvgIpc) is 2.44. The zero-order chi connectivity index (χ0) is 15.1. The average molecular weight is 281 g/mol. The summed E-state index contributed by atoms with van der Waals surface area (Å²) in [6.45, 7) is 1.49. The summed E-state index contributed by atoms with van der Waals surface area (Å²) in [4.78, 5) is 22.0. The van der Waals surface area contributed by atoms with Gasteiger partial charge < -0.3 is 30.8 Å². The number of carboxylic acids is 1. The van der Waals surface area contributed by atoms with E-state index in [-0.39, 0.29) is 6.61 Å². The Kier molecular flexibility index (Phi) is 5.95. The van der Waals surface area contributed by atoms with Crippen LogP contribution in [0.4, 0.5) is 4.79 Å². The van der Waals surface area contributed by atoms with Crippen molar-refractivity contribution in [2.75, 3.05) is 0 Å². The van der Waals surface area contributed by atoms with Gasteiger partial charge >= 0.3 is 6.09 Å². The molecule has 3 atom stereocenters. The van der Waals surface area contributed by atoms with E-state index in [0.29, 0.717) is 0 Å². The van der Waals surface area contributed by atoms with E-state index in [1.807, 2.05) is 18.2 Å². The summed E-state index contributed by atoms with van der Waals surface area (Å²) >= 11 is 0. The van der Waals surface area contributed by atoms with Crippen molar-refractivity contribution in [1.82, 2.24) is 5.32 Å². The Hall–Kier alpha value is -2.12. The highest BCUT2D eigenvalue weighted by molar-refractivity contribution is 5.72. The van der Waals surface area contributed by atoms with Gasteiger partial charge in [-0.25, -0.2) is 4.79 Å². The number of hydrogen-bond acceptors (Lipinski definition) is 6. The minimum Gasteiger partial charge on any atom is -0.548 e. The molecular formula is C13H17N2O5-. The topological polar surface area (TPSA) is 125 Å². The molecule has 1 aromatic rings. The van der Waals surface area contributed by atoms with Crippen LogP contribution in [-0.4, -0.2) is 35.4 Å². The molecule has 0 aromatic heterocycles. The third-order valence-corrected chi connectivity index (χ3v) is 2.71. The van der Waals surface area contributed by atoms with Gasteiger partial charge in [0.25, 0.3) is 0 Å². The number of nitrogens with two attached hydrogens (primary N) is 1. The van der Waals surface area contributed by atoms with E-state index >= 15 is 0 Å². The second kappa shape index (κ2) is 7.46. The Morgan fingerprint density at radius 3 is 2.55 bits per heavy atom. The molecule has 0 radical (unpaired) electrons. The number of aliphatic carboxylic acids is 1. The lowest BCUT2D eigenvalue weighted by Crippen LogP contribution is -2.56. The second-order valence-corrected chi connectivity index (χ2v) is 4.33. The maximum absolute atomic E-state index is 11.5. The van der Waals surface area contributed by atoms with Crippen molar-refractivity contribution in [3.05, 3.63) is 35.9 Å². The van der Waals surface area contributed by atoms with Crippen molar-refractivity contribution in [2.45, 2.75) is 31.7 Å². The highest BCUT2D eigenvalue weighted by atomic mass is 16.5. The molecule has 0 heterocycles. The predicted molar refractivity (Wildman–Crippen MR) is 68.2 cm³/mol. The van der Waals surface area contributed by atoms with Gasteiger partial charge in [-0.05, 0) is 12.5 Å². The number of aliphatic hydroxyl groups excluding tert-OH is 1. The maximum atomic E-state index is 11.5. The fourth-order valence-corrected chi connectivity index (χ4v) is 1.49. The second-order valence-electron chi connectivity index (χ2n) is 4.33. The van der Waals surface area contributed by atoms with Crippen molar-refractivity contribution in [3.63, 3.8) is 0 Å². The van der Waals surface area contributed by atoms with Crippen LogP contribution in [0, 0.1) is 0 Å². The Morgan fingerprint density at radius 2 is 2.00 bits per heavy atom. The van der Waals surface area contributed by atoms with Crippen LogP contribution in [0.1, 0.15) is 12.5 Å². The van der Waals surface area contributed by atoms with Crippen molar-refractivity contribution < 1.29 is 24.5 Å². The summed E-state index contributed by atoms with van der Waals surface area (Å²) in [5, 5.41) is 22.4. The Bertz CT molecular complexity index is 451. The molecule has 0 unspecified atom stereocenters. The maximum Gasteiger partial charge on any atom is 0.407 e. The standard InChI is InChI=1S/C13H18N2O5/c1-8(11(16)10(14)12(17)18)15-13(19)20-7-9-5-3-2-4-6-9/h2-6,8,10-11,16H,7,14H2,1H3,(H,15,19)(H,17,18)/p-1/t8-,10+,11-/m0/s1. The number of hydrogen-bond donors (Lipinski definition) is 3. The van der Waals surface area contributed by atoms with Gasteiger partial charge in [0.05, 0.1) is 24.2 Å². The molecule has 0 aliphatic carbocycles. The highest BCUT2D eigenvalue weighted by Crippen LogP contribution is 2.02. The number of amides is 1. The number of alkyl carbamates (subject to hydrolysis) is 1. The molecule has 0 aliphatic heterocycles. The van der Waals surface area contributed by atoms with Gasteiger partial charge in [0.1, 0.15) is 6.61 Å². The molecule has 4 N–H and O–H groups in total. The smallest absolute Gasteiger partial charge is 0.407 e. The lowest BCUT2D eigenvalue weighted by molar-refractivity contribution is -0.309. The number of carbonyl (C=O) groups excluding carboxylic acids is 2. The molecule has 7 heteroatoms. The third kappa shape index (κ3) is 4.87. The fourth-order valence-electron chi connectivity index (χ4n) is 1.49. The molecule has 1 amide bonds. The first-order valence-electron chi connectivity index (χ1n) is 6.03. The Morgan fingerprint density at radius 1 is 1.40 bits per heavy atom. The molecule has 0 aliphatic rings. The number of benzene rings is 1.